The molecule has 2 N–H and O–H groups in total. The van der Waals surface area contributed by atoms with Crippen LogP contribution in [0.5, 0.6) is 0 Å². The smallest absolute Gasteiger partial charge is 0.240 e. The van der Waals surface area contributed by atoms with Crippen molar-refractivity contribution < 1.29 is 12.8 Å². The van der Waals surface area contributed by atoms with Crippen LogP contribution < -0.4 is 10.0 Å². The molecule has 19 heavy (non-hydrogen) atoms. The summed E-state index contributed by atoms with van der Waals surface area (Å²) in [5.41, 5.74) is 0.712. The van der Waals surface area contributed by atoms with Crippen molar-refractivity contribution in [3.8, 4) is 0 Å². The molecule has 0 amide bonds. The average Bonchev–Trinajstić information content (AvgIpc) is 2.99. The summed E-state index contributed by atoms with van der Waals surface area (Å²) in [4.78, 5) is 0.135. The normalized spacial score (nSPS) is 22.5. The van der Waals surface area contributed by atoms with E-state index in [1.54, 1.807) is 14.0 Å². The molecule has 0 bridgehead atoms. The van der Waals surface area contributed by atoms with Gasteiger partial charge >= 0.3 is 0 Å². The van der Waals surface area contributed by atoms with Crippen LogP contribution in [0.1, 0.15) is 24.5 Å². The average molecular weight is 286 g/mol. The zero-order valence-corrected chi connectivity index (χ0v) is 12.1. The van der Waals surface area contributed by atoms with Gasteiger partial charge in [-0.3, -0.25) is 0 Å². The molecule has 0 saturated heterocycles. The predicted octanol–water partition coefficient (Wildman–Crippen LogP) is 1.54. The summed E-state index contributed by atoms with van der Waals surface area (Å²) < 4.78 is 40.9. The quantitative estimate of drug-likeness (QED) is 0.863. The lowest BCUT2D eigenvalue weighted by Crippen LogP contribution is -2.27. The number of benzene rings is 1. The Morgan fingerprint density at radius 1 is 1.42 bits per heavy atom. The summed E-state index contributed by atoms with van der Waals surface area (Å²) >= 11 is 0. The van der Waals surface area contributed by atoms with Gasteiger partial charge in [-0.1, -0.05) is 6.92 Å². The maximum Gasteiger partial charge on any atom is 0.240 e. The van der Waals surface area contributed by atoms with E-state index in [2.05, 4.69) is 10.0 Å². The number of aryl methyl sites for hydroxylation is 1. The maximum atomic E-state index is 13.8. The third kappa shape index (κ3) is 3.13. The SMILES string of the molecule is CNCc1cc(S(=O)(=O)NC2CC2C)cc(C)c1F. The summed E-state index contributed by atoms with van der Waals surface area (Å²) in [6.45, 7) is 3.87. The third-order valence-electron chi connectivity index (χ3n) is 3.40. The summed E-state index contributed by atoms with van der Waals surface area (Å²) in [6, 6.07) is 2.79. The fourth-order valence-corrected chi connectivity index (χ4v) is 3.53. The van der Waals surface area contributed by atoms with E-state index in [1.165, 1.54) is 12.1 Å². The highest BCUT2D eigenvalue weighted by Crippen LogP contribution is 2.31. The van der Waals surface area contributed by atoms with Gasteiger partial charge in [0, 0.05) is 18.2 Å². The molecule has 0 aliphatic heterocycles. The first kappa shape index (κ1) is 14.4. The molecule has 2 rings (SSSR count). The predicted molar refractivity (Wildman–Crippen MR) is 71.8 cm³/mol. The highest BCUT2D eigenvalue weighted by atomic mass is 32.2. The molecule has 2 unspecified atom stereocenters. The number of sulfonamides is 1. The number of halogens is 1. The Bertz CT molecular complexity index is 587. The molecule has 1 saturated carbocycles. The molecule has 4 nitrogen and oxygen atoms in total. The molecular formula is C13H19FN2O2S. The van der Waals surface area contributed by atoms with Crippen LogP contribution in [-0.4, -0.2) is 21.5 Å². The van der Waals surface area contributed by atoms with Crippen LogP contribution in [-0.2, 0) is 16.6 Å². The van der Waals surface area contributed by atoms with Gasteiger partial charge in [0.15, 0.2) is 0 Å². The summed E-state index contributed by atoms with van der Waals surface area (Å²) in [5, 5.41) is 2.84. The Morgan fingerprint density at radius 3 is 2.58 bits per heavy atom. The second-order valence-electron chi connectivity index (χ2n) is 5.18. The number of hydrogen-bond donors (Lipinski definition) is 2. The molecule has 106 valence electrons. The van der Waals surface area contributed by atoms with E-state index in [4.69, 9.17) is 0 Å². The van der Waals surface area contributed by atoms with Crippen LogP contribution in [0.15, 0.2) is 17.0 Å². The zero-order valence-electron chi connectivity index (χ0n) is 11.3. The lowest BCUT2D eigenvalue weighted by atomic mass is 10.1. The van der Waals surface area contributed by atoms with Gasteiger partial charge in [0.25, 0.3) is 0 Å². The molecule has 1 aliphatic rings. The van der Waals surface area contributed by atoms with Crippen molar-refractivity contribution in [2.45, 2.75) is 37.8 Å². The first-order valence-electron chi connectivity index (χ1n) is 6.31. The minimum Gasteiger partial charge on any atom is -0.316 e. The lowest BCUT2D eigenvalue weighted by molar-refractivity contribution is 0.573. The van der Waals surface area contributed by atoms with E-state index in [9.17, 15) is 12.8 Å². The molecule has 1 aromatic carbocycles. The van der Waals surface area contributed by atoms with E-state index in [0.29, 0.717) is 23.6 Å². The number of hydrogen-bond acceptors (Lipinski definition) is 3. The Hall–Kier alpha value is -0.980. The fraction of sp³-hybridized carbons (Fsp3) is 0.538. The van der Waals surface area contributed by atoms with Crippen molar-refractivity contribution in [3.63, 3.8) is 0 Å². The molecular weight excluding hydrogens is 267 g/mol. The molecule has 1 aliphatic carbocycles. The largest absolute Gasteiger partial charge is 0.316 e. The molecule has 0 heterocycles. The van der Waals surface area contributed by atoms with Crippen molar-refractivity contribution in [1.82, 2.24) is 10.0 Å². The Balaban J connectivity index is 2.33. The Kier molecular flexibility index (Phi) is 3.94. The molecule has 0 spiro atoms. The second kappa shape index (κ2) is 5.19. The van der Waals surface area contributed by atoms with Crippen molar-refractivity contribution in [1.29, 1.82) is 0 Å². The molecule has 1 fully saturated rings. The first-order chi connectivity index (χ1) is 8.85. The van der Waals surface area contributed by atoms with Gasteiger partial charge in [0.2, 0.25) is 10.0 Å². The van der Waals surface area contributed by atoms with Crippen LogP contribution >= 0.6 is 0 Å². The fourth-order valence-electron chi connectivity index (χ4n) is 2.03. The van der Waals surface area contributed by atoms with Gasteiger partial charge in [-0.2, -0.15) is 0 Å². The molecule has 0 aromatic heterocycles. The van der Waals surface area contributed by atoms with Crippen molar-refractivity contribution in [2.24, 2.45) is 5.92 Å². The zero-order chi connectivity index (χ0) is 14.2. The molecule has 0 radical (unpaired) electrons. The summed E-state index contributed by atoms with van der Waals surface area (Å²) in [5.74, 6) is 0.0289. The highest BCUT2D eigenvalue weighted by molar-refractivity contribution is 7.89. The topological polar surface area (TPSA) is 58.2 Å². The Labute approximate surface area is 113 Å². The first-order valence-corrected chi connectivity index (χ1v) is 7.79. The van der Waals surface area contributed by atoms with Gasteiger partial charge in [0.05, 0.1) is 4.90 Å². The van der Waals surface area contributed by atoms with Crippen LogP contribution in [0.2, 0.25) is 0 Å². The standard InChI is InChI=1S/C13H19FN2O2S/c1-8-5-12(8)16-19(17,18)11-4-9(2)13(14)10(6-11)7-15-3/h4,6,8,12,15-16H,5,7H2,1-3H3. The van der Waals surface area contributed by atoms with Gasteiger partial charge in [0.1, 0.15) is 5.82 Å². The van der Waals surface area contributed by atoms with Gasteiger partial charge < -0.3 is 5.32 Å². The van der Waals surface area contributed by atoms with Crippen LogP contribution in [0, 0.1) is 18.7 Å². The lowest BCUT2D eigenvalue weighted by Gasteiger charge is -2.11. The van der Waals surface area contributed by atoms with E-state index >= 15 is 0 Å². The highest BCUT2D eigenvalue weighted by Gasteiger charge is 2.36. The van der Waals surface area contributed by atoms with Crippen molar-refractivity contribution in [2.75, 3.05) is 7.05 Å². The minimum absolute atomic E-state index is 0.0168. The molecule has 6 heteroatoms. The number of nitrogens with one attached hydrogen (secondary N) is 2. The number of rotatable bonds is 5. The van der Waals surface area contributed by atoms with E-state index < -0.39 is 10.0 Å². The van der Waals surface area contributed by atoms with Gasteiger partial charge in [-0.05, 0) is 44.0 Å². The Morgan fingerprint density at radius 2 is 2.05 bits per heavy atom. The third-order valence-corrected chi connectivity index (χ3v) is 4.87. The second-order valence-corrected chi connectivity index (χ2v) is 6.90. The molecule has 1 aromatic rings. The minimum atomic E-state index is -3.55. The summed E-state index contributed by atoms with van der Waals surface area (Å²) in [7, 11) is -1.86. The van der Waals surface area contributed by atoms with E-state index in [0.717, 1.165) is 6.42 Å². The van der Waals surface area contributed by atoms with Crippen molar-refractivity contribution in [3.05, 3.63) is 29.1 Å². The van der Waals surface area contributed by atoms with Crippen LogP contribution in [0.3, 0.4) is 0 Å². The molecule has 2 atom stereocenters. The monoisotopic (exact) mass is 286 g/mol. The van der Waals surface area contributed by atoms with E-state index in [-0.39, 0.29) is 16.8 Å². The van der Waals surface area contributed by atoms with Crippen LogP contribution in [0.4, 0.5) is 4.39 Å². The summed E-state index contributed by atoms with van der Waals surface area (Å²) in [6.07, 6.45) is 0.864. The maximum absolute atomic E-state index is 13.8. The van der Waals surface area contributed by atoms with E-state index in [1.807, 2.05) is 6.92 Å². The van der Waals surface area contributed by atoms with Crippen molar-refractivity contribution >= 4 is 10.0 Å². The van der Waals surface area contributed by atoms with Gasteiger partial charge in [-0.25, -0.2) is 17.5 Å². The van der Waals surface area contributed by atoms with Crippen LogP contribution in [0.25, 0.3) is 0 Å². The van der Waals surface area contributed by atoms with Gasteiger partial charge in [-0.15, -0.1) is 0 Å².